The van der Waals surface area contributed by atoms with Crippen LogP contribution >= 0.6 is 0 Å². The zero-order valence-electron chi connectivity index (χ0n) is 5.10. The van der Waals surface area contributed by atoms with Crippen LogP contribution in [0.15, 0.2) is 24.8 Å². The Kier molecular flexibility index (Phi) is 9.99. The molecular weight excluding hydrogens is 156 g/mol. The summed E-state index contributed by atoms with van der Waals surface area (Å²) < 4.78 is 0. The monoisotopic (exact) mass is 170 g/mol. The fraction of sp³-hybridized carbons (Fsp3) is 0.333. The zero-order chi connectivity index (χ0) is 7.07. The molecule has 6 nitrogen and oxygen atoms in total. The summed E-state index contributed by atoms with van der Waals surface area (Å²) in [5.74, 6) is 0. The average molecular weight is 170 g/mol. The van der Waals surface area contributed by atoms with Crippen LogP contribution in [0.3, 0.4) is 0 Å². The third-order valence-electron chi connectivity index (χ3n) is 0.662. The number of rotatable bonds is 0. The number of nitrogens with one attached hydrogen (secondary N) is 2. The fourth-order valence-electron chi connectivity index (χ4n) is 0.333. The van der Waals surface area contributed by atoms with Gasteiger partial charge >= 0.3 is 0 Å². The molecule has 2 N–H and O–H groups in total. The van der Waals surface area contributed by atoms with Crippen molar-refractivity contribution in [1.29, 1.82) is 0 Å². The summed E-state index contributed by atoms with van der Waals surface area (Å²) in [6.07, 6.45) is 6.33. The Hall–Kier alpha value is -1.72. The lowest BCUT2D eigenvalue weighted by molar-refractivity contribution is 0.940. The summed E-state index contributed by atoms with van der Waals surface area (Å²) in [6, 6.07) is 0. The van der Waals surface area contributed by atoms with E-state index in [1.54, 1.807) is 24.8 Å². The van der Waals surface area contributed by atoms with Crippen molar-refractivity contribution in [3.05, 3.63) is 24.8 Å². The Balaban J connectivity index is 0. The SMILES string of the molecule is C.C.c1cn[nH]n1.c1cn[nH]n1. The van der Waals surface area contributed by atoms with Crippen molar-refractivity contribution in [3.63, 3.8) is 0 Å². The molecule has 0 radical (unpaired) electrons. The molecule has 0 bridgehead atoms. The molecule has 2 rings (SSSR count). The molecule has 0 unspecified atom stereocenters. The van der Waals surface area contributed by atoms with Crippen LogP contribution in [-0.4, -0.2) is 30.8 Å². The number of aromatic nitrogens is 6. The molecule has 0 fully saturated rings. The van der Waals surface area contributed by atoms with Crippen LogP contribution < -0.4 is 0 Å². The van der Waals surface area contributed by atoms with Crippen LogP contribution in [0, 0.1) is 0 Å². The first-order chi connectivity index (χ1) is 5.00. The third kappa shape index (κ3) is 6.40. The largest absolute Gasteiger partial charge is 0.198 e. The van der Waals surface area contributed by atoms with Crippen molar-refractivity contribution in [2.24, 2.45) is 0 Å². The van der Waals surface area contributed by atoms with Gasteiger partial charge in [0.1, 0.15) is 0 Å². The van der Waals surface area contributed by atoms with E-state index >= 15 is 0 Å². The molecule has 2 aromatic heterocycles. The molecule has 12 heavy (non-hydrogen) atoms. The standard InChI is InChI=1S/2C2H3N3.2CH4/c2*1-2-4-5-3-1;;/h2*1-2H,(H,3,4,5);2*1H4. The Morgan fingerprint density at radius 2 is 0.833 bits per heavy atom. The lowest BCUT2D eigenvalue weighted by Gasteiger charge is -1.48. The van der Waals surface area contributed by atoms with E-state index in [-0.39, 0.29) is 14.9 Å². The highest BCUT2D eigenvalue weighted by Crippen LogP contribution is 1.56. The predicted octanol–water partition coefficient (Wildman–Crippen LogP) is 0.882. The van der Waals surface area contributed by atoms with Gasteiger partial charge in [-0.3, -0.25) is 0 Å². The molecule has 68 valence electrons. The first-order valence-electron chi connectivity index (χ1n) is 2.59. The first kappa shape index (κ1) is 12.9. The number of hydrogen-bond donors (Lipinski definition) is 2. The van der Waals surface area contributed by atoms with Crippen LogP contribution in [0.25, 0.3) is 0 Å². The van der Waals surface area contributed by atoms with Crippen molar-refractivity contribution in [1.82, 2.24) is 30.8 Å². The van der Waals surface area contributed by atoms with Crippen LogP contribution in [0.5, 0.6) is 0 Å². The van der Waals surface area contributed by atoms with Crippen molar-refractivity contribution in [3.8, 4) is 0 Å². The van der Waals surface area contributed by atoms with E-state index in [1.165, 1.54) is 0 Å². The minimum absolute atomic E-state index is 0. The van der Waals surface area contributed by atoms with E-state index in [0.717, 1.165) is 0 Å². The number of hydrogen-bond acceptors (Lipinski definition) is 4. The number of nitrogens with zero attached hydrogens (tertiary/aromatic N) is 4. The van der Waals surface area contributed by atoms with E-state index in [2.05, 4.69) is 30.8 Å². The van der Waals surface area contributed by atoms with Gasteiger partial charge in [-0.05, 0) is 0 Å². The molecule has 0 amide bonds. The smallest absolute Gasteiger partial charge is 0.0690 e. The van der Waals surface area contributed by atoms with Crippen molar-refractivity contribution >= 4 is 0 Å². The van der Waals surface area contributed by atoms with E-state index in [9.17, 15) is 0 Å². The maximum atomic E-state index is 3.49. The van der Waals surface area contributed by atoms with Gasteiger partial charge in [0.2, 0.25) is 0 Å². The maximum Gasteiger partial charge on any atom is 0.0690 e. The minimum atomic E-state index is 0. The molecular formula is C6H14N6. The summed E-state index contributed by atoms with van der Waals surface area (Å²) in [5, 5.41) is 18.7. The molecule has 0 saturated heterocycles. The number of H-pyrrole nitrogens is 2. The summed E-state index contributed by atoms with van der Waals surface area (Å²) in [5.41, 5.74) is 0. The van der Waals surface area contributed by atoms with Gasteiger partial charge in [-0.1, -0.05) is 14.9 Å². The second-order valence-corrected chi connectivity index (χ2v) is 1.31. The lowest BCUT2D eigenvalue weighted by atomic mass is 11.0. The molecule has 2 heterocycles. The van der Waals surface area contributed by atoms with Crippen LogP contribution in [-0.2, 0) is 0 Å². The third-order valence-corrected chi connectivity index (χ3v) is 0.662. The van der Waals surface area contributed by atoms with Crippen molar-refractivity contribution in [2.75, 3.05) is 0 Å². The normalized spacial score (nSPS) is 6.67. The van der Waals surface area contributed by atoms with Crippen LogP contribution in [0.4, 0.5) is 0 Å². The fourth-order valence-corrected chi connectivity index (χ4v) is 0.333. The molecule has 2 aromatic rings. The highest BCUT2D eigenvalue weighted by atomic mass is 15.3. The molecule has 6 heteroatoms. The molecule has 0 aliphatic rings. The van der Waals surface area contributed by atoms with Gasteiger partial charge in [0, 0.05) is 0 Å². The molecule has 0 saturated carbocycles. The van der Waals surface area contributed by atoms with Gasteiger partial charge < -0.3 is 0 Å². The lowest BCUT2D eigenvalue weighted by Crippen LogP contribution is -1.61. The number of aromatic amines is 2. The highest BCUT2D eigenvalue weighted by Gasteiger charge is 1.57. The quantitative estimate of drug-likeness (QED) is 0.614. The van der Waals surface area contributed by atoms with E-state index in [1.807, 2.05) is 0 Å². The van der Waals surface area contributed by atoms with Gasteiger partial charge in [0.05, 0.1) is 24.8 Å². The van der Waals surface area contributed by atoms with E-state index in [4.69, 9.17) is 0 Å². The highest BCUT2D eigenvalue weighted by molar-refractivity contribution is 4.55. The van der Waals surface area contributed by atoms with Crippen LogP contribution in [0.2, 0.25) is 0 Å². The molecule has 0 atom stereocenters. The molecule has 0 aliphatic carbocycles. The average Bonchev–Trinajstić information content (AvgIpc) is 2.67. The summed E-state index contributed by atoms with van der Waals surface area (Å²) in [6.45, 7) is 0. The second-order valence-electron chi connectivity index (χ2n) is 1.31. The first-order valence-corrected chi connectivity index (χ1v) is 2.59. The van der Waals surface area contributed by atoms with Gasteiger partial charge in [-0.2, -0.15) is 30.8 Å². The minimum Gasteiger partial charge on any atom is -0.198 e. The maximum absolute atomic E-state index is 3.49. The van der Waals surface area contributed by atoms with Gasteiger partial charge in [-0.25, -0.2) is 0 Å². The van der Waals surface area contributed by atoms with Gasteiger partial charge in [0.25, 0.3) is 0 Å². The summed E-state index contributed by atoms with van der Waals surface area (Å²) >= 11 is 0. The summed E-state index contributed by atoms with van der Waals surface area (Å²) in [4.78, 5) is 0. The molecule has 0 aliphatic heterocycles. The van der Waals surface area contributed by atoms with Gasteiger partial charge in [0.15, 0.2) is 0 Å². The predicted molar refractivity (Wildman–Crippen MR) is 46.2 cm³/mol. The second kappa shape index (κ2) is 9.28. The Labute approximate surface area is 71.4 Å². The Morgan fingerprint density at radius 3 is 0.917 bits per heavy atom. The Morgan fingerprint density at radius 1 is 0.583 bits per heavy atom. The van der Waals surface area contributed by atoms with Crippen LogP contribution in [0.1, 0.15) is 14.9 Å². The van der Waals surface area contributed by atoms with E-state index in [0.29, 0.717) is 0 Å². The Bertz CT molecular complexity index is 151. The van der Waals surface area contributed by atoms with E-state index < -0.39 is 0 Å². The van der Waals surface area contributed by atoms with Crippen molar-refractivity contribution < 1.29 is 0 Å². The summed E-state index contributed by atoms with van der Waals surface area (Å²) in [7, 11) is 0. The molecule has 0 aromatic carbocycles. The van der Waals surface area contributed by atoms with Gasteiger partial charge in [-0.15, -0.1) is 0 Å². The molecule has 0 spiro atoms. The van der Waals surface area contributed by atoms with Crippen molar-refractivity contribution in [2.45, 2.75) is 14.9 Å². The topological polar surface area (TPSA) is 83.1 Å². The zero-order valence-corrected chi connectivity index (χ0v) is 5.10.